The maximum Gasteiger partial charge on any atom is 0.135 e. The summed E-state index contributed by atoms with van der Waals surface area (Å²) < 4.78 is 6.61. The maximum atomic E-state index is 6.61. The van der Waals surface area contributed by atoms with Crippen LogP contribution in [0.1, 0.15) is 44.5 Å². The van der Waals surface area contributed by atoms with Crippen LogP contribution >= 0.6 is 0 Å². The van der Waals surface area contributed by atoms with Gasteiger partial charge in [0.15, 0.2) is 0 Å². The zero-order valence-corrected chi connectivity index (χ0v) is 25.0. The molecule has 2 aliphatic heterocycles. The van der Waals surface area contributed by atoms with E-state index in [1.165, 1.54) is 50.6 Å². The molecule has 6 rings (SSSR count). The molecule has 206 valence electrons. The Morgan fingerprint density at radius 3 is 1.24 bits per heavy atom. The van der Waals surface area contributed by atoms with Crippen molar-refractivity contribution in [1.82, 2.24) is 0 Å². The Morgan fingerprint density at radius 1 is 0.512 bits per heavy atom. The highest BCUT2D eigenvalue weighted by molar-refractivity contribution is 5.82. The molecule has 4 aromatic carbocycles. The molecule has 2 aliphatic rings. The molecule has 3 nitrogen and oxygen atoms in total. The molecule has 1 fully saturated rings. The van der Waals surface area contributed by atoms with Crippen LogP contribution in [0.15, 0.2) is 108 Å². The summed E-state index contributed by atoms with van der Waals surface area (Å²) in [5, 5.41) is 0. The van der Waals surface area contributed by atoms with Crippen molar-refractivity contribution in [2.24, 2.45) is 0 Å². The third kappa shape index (κ3) is 5.09. The van der Waals surface area contributed by atoms with E-state index >= 15 is 0 Å². The van der Waals surface area contributed by atoms with Gasteiger partial charge < -0.3 is 14.5 Å². The fourth-order valence-corrected chi connectivity index (χ4v) is 6.62. The number of aryl methyl sites for hydroxylation is 6. The molecule has 0 saturated carbocycles. The van der Waals surface area contributed by atoms with Crippen molar-refractivity contribution in [3.05, 3.63) is 153 Å². The highest BCUT2D eigenvalue weighted by atomic mass is 16.5. The van der Waals surface area contributed by atoms with Gasteiger partial charge in [-0.2, -0.15) is 0 Å². The average molecular weight is 539 g/mol. The van der Waals surface area contributed by atoms with Gasteiger partial charge in [-0.25, -0.2) is 0 Å². The van der Waals surface area contributed by atoms with E-state index in [-0.39, 0.29) is 0 Å². The normalized spacial score (nSPS) is 15.2. The van der Waals surface area contributed by atoms with Gasteiger partial charge in [-0.05, 0) is 75.9 Å². The number of benzene rings is 4. The Labute approximate surface area is 244 Å². The van der Waals surface area contributed by atoms with Crippen molar-refractivity contribution in [2.75, 3.05) is 22.9 Å². The number of hydrogen-bond acceptors (Lipinski definition) is 3. The Hall–Kier alpha value is -4.50. The fourth-order valence-electron chi connectivity index (χ4n) is 6.62. The van der Waals surface area contributed by atoms with Crippen molar-refractivity contribution >= 4 is 22.9 Å². The van der Waals surface area contributed by atoms with Crippen molar-refractivity contribution in [3.8, 4) is 0 Å². The smallest absolute Gasteiger partial charge is 0.135 e. The third-order valence-electron chi connectivity index (χ3n) is 8.04. The van der Waals surface area contributed by atoms with Gasteiger partial charge in [0.25, 0.3) is 0 Å². The lowest BCUT2D eigenvalue weighted by Gasteiger charge is -2.32. The minimum Gasteiger partial charge on any atom is -0.456 e. The second-order valence-corrected chi connectivity index (χ2v) is 11.4. The van der Waals surface area contributed by atoms with Gasteiger partial charge in [0.2, 0.25) is 0 Å². The molecule has 0 radical (unpaired) electrons. The molecule has 0 unspecified atom stereocenters. The molecule has 0 atom stereocenters. The minimum atomic E-state index is 0.857. The number of hydrogen-bond donors (Lipinski definition) is 0. The summed E-state index contributed by atoms with van der Waals surface area (Å²) in [5.74, 6) is 2.91. The van der Waals surface area contributed by atoms with E-state index < -0.39 is 0 Å². The van der Waals surface area contributed by atoms with E-state index in [0.717, 1.165) is 41.3 Å². The first-order valence-corrected chi connectivity index (χ1v) is 14.5. The van der Waals surface area contributed by atoms with Gasteiger partial charge in [0.05, 0.1) is 0 Å². The quantitative estimate of drug-likeness (QED) is 0.258. The van der Waals surface area contributed by atoms with Crippen molar-refractivity contribution < 1.29 is 4.74 Å². The molecule has 0 spiro atoms. The highest BCUT2D eigenvalue weighted by Crippen LogP contribution is 2.42. The Morgan fingerprint density at radius 2 is 0.878 bits per heavy atom. The Kier molecular flexibility index (Phi) is 7.05. The van der Waals surface area contributed by atoms with Gasteiger partial charge in [-0.15, -0.1) is 0 Å². The zero-order chi connectivity index (χ0) is 28.7. The Balaban J connectivity index is 1.64. The molecule has 3 heteroatoms. The topological polar surface area (TPSA) is 15.7 Å². The lowest BCUT2D eigenvalue weighted by Crippen LogP contribution is -2.27. The fraction of sp³-hybridized carbons (Fsp3) is 0.211. The average Bonchev–Trinajstić information content (AvgIpc) is 3.36. The molecule has 1 saturated heterocycles. The van der Waals surface area contributed by atoms with Crippen molar-refractivity contribution in [1.29, 1.82) is 0 Å². The molecular formula is C38H38N2O. The van der Waals surface area contributed by atoms with Crippen LogP contribution in [0.3, 0.4) is 0 Å². The SMILES string of the molecule is Cc1cc(C)c(N2CCN(c3c(C)cc(C)cc3C)C2=C2C=C(c3ccccc3)OC(c3ccccc3)=C2)c(C)c1. The highest BCUT2D eigenvalue weighted by Gasteiger charge is 2.34. The lowest BCUT2D eigenvalue weighted by atomic mass is 10.0. The number of anilines is 2. The van der Waals surface area contributed by atoms with E-state index in [1.807, 2.05) is 12.1 Å². The predicted molar refractivity (Wildman–Crippen MR) is 173 cm³/mol. The molecule has 41 heavy (non-hydrogen) atoms. The van der Waals surface area contributed by atoms with Gasteiger partial charge in [0, 0.05) is 41.2 Å². The first-order valence-electron chi connectivity index (χ1n) is 14.5. The third-order valence-corrected chi connectivity index (χ3v) is 8.04. The molecule has 0 aliphatic carbocycles. The monoisotopic (exact) mass is 538 g/mol. The second-order valence-electron chi connectivity index (χ2n) is 11.4. The van der Waals surface area contributed by atoms with E-state index in [4.69, 9.17) is 4.74 Å². The summed E-state index contributed by atoms with van der Waals surface area (Å²) >= 11 is 0. The molecule has 0 aromatic heterocycles. The van der Waals surface area contributed by atoms with E-state index in [9.17, 15) is 0 Å². The molecule has 0 amide bonds. The summed E-state index contributed by atoms with van der Waals surface area (Å²) in [6, 6.07) is 30.1. The van der Waals surface area contributed by atoms with Crippen LogP contribution in [0, 0.1) is 41.5 Å². The van der Waals surface area contributed by atoms with Crippen LogP contribution in [0.2, 0.25) is 0 Å². The summed E-state index contributed by atoms with van der Waals surface area (Å²) in [6.07, 6.45) is 4.44. The van der Waals surface area contributed by atoms with Crippen LogP contribution in [0.4, 0.5) is 11.4 Å². The van der Waals surface area contributed by atoms with Crippen molar-refractivity contribution in [2.45, 2.75) is 41.5 Å². The maximum absolute atomic E-state index is 6.61. The minimum absolute atomic E-state index is 0.857. The summed E-state index contributed by atoms with van der Waals surface area (Å²) in [5.41, 5.74) is 13.6. The first kappa shape index (κ1) is 26.7. The van der Waals surface area contributed by atoms with Gasteiger partial charge in [0.1, 0.15) is 17.3 Å². The molecule has 2 heterocycles. The van der Waals surface area contributed by atoms with Gasteiger partial charge in [-0.1, -0.05) is 96.1 Å². The van der Waals surface area contributed by atoms with Crippen molar-refractivity contribution in [3.63, 3.8) is 0 Å². The lowest BCUT2D eigenvalue weighted by molar-refractivity contribution is 0.466. The van der Waals surface area contributed by atoms with Crippen LogP contribution < -0.4 is 9.80 Å². The largest absolute Gasteiger partial charge is 0.456 e. The van der Waals surface area contributed by atoms with E-state index in [1.54, 1.807) is 0 Å². The standard InChI is InChI=1S/C38H38N2O/c1-25-19-27(3)36(28(4)20-25)39-17-18-40(37-29(5)21-26(2)22-30(37)6)38(39)33-23-34(31-13-9-7-10-14-31)41-35(24-33)32-15-11-8-12-16-32/h7-16,19-24H,17-18H2,1-6H3. The van der Waals surface area contributed by atoms with Crippen LogP contribution in [0.5, 0.6) is 0 Å². The molecular weight excluding hydrogens is 500 g/mol. The molecule has 0 bridgehead atoms. The first-order chi connectivity index (χ1) is 19.8. The number of nitrogens with zero attached hydrogens (tertiary/aromatic N) is 2. The van der Waals surface area contributed by atoms with Crippen LogP contribution in [-0.2, 0) is 4.74 Å². The number of rotatable bonds is 4. The number of ether oxygens (including phenoxy) is 1. The Bertz CT molecular complexity index is 1540. The predicted octanol–water partition coefficient (Wildman–Crippen LogP) is 9.19. The summed E-state index contributed by atoms with van der Waals surface area (Å²) in [7, 11) is 0. The summed E-state index contributed by atoms with van der Waals surface area (Å²) in [6.45, 7) is 15.1. The molecule has 4 aromatic rings. The van der Waals surface area contributed by atoms with Gasteiger partial charge in [-0.3, -0.25) is 0 Å². The van der Waals surface area contributed by atoms with E-state index in [0.29, 0.717) is 0 Å². The van der Waals surface area contributed by atoms with Crippen LogP contribution in [0.25, 0.3) is 11.5 Å². The van der Waals surface area contributed by atoms with E-state index in [2.05, 4.69) is 136 Å². The van der Waals surface area contributed by atoms with Crippen LogP contribution in [-0.4, -0.2) is 13.1 Å². The summed E-state index contributed by atoms with van der Waals surface area (Å²) in [4.78, 5) is 5.06. The number of allylic oxidation sites excluding steroid dienone is 3. The second kappa shape index (κ2) is 10.8. The zero-order valence-electron chi connectivity index (χ0n) is 25.0. The van der Waals surface area contributed by atoms with Gasteiger partial charge >= 0.3 is 0 Å². The molecule has 0 N–H and O–H groups in total.